The molecular weight excluding hydrogens is 282 g/mol. The van der Waals surface area contributed by atoms with Crippen molar-refractivity contribution >= 4 is 0 Å². The lowest BCUT2D eigenvalue weighted by molar-refractivity contribution is -0.0474. The third-order valence-corrected chi connectivity index (χ3v) is 8.03. The van der Waals surface area contributed by atoms with Gasteiger partial charge in [-0.3, -0.25) is 4.90 Å². The number of nitrogens with zero attached hydrogens (tertiary/aromatic N) is 1. The molecule has 3 aliphatic rings. The predicted octanol–water partition coefficient (Wildman–Crippen LogP) is 5.12. The minimum atomic E-state index is -0.0107. The van der Waals surface area contributed by atoms with Gasteiger partial charge in [-0.1, -0.05) is 26.7 Å². The van der Waals surface area contributed by atoms with Gasteiger partial charge in [0.15, 0.2) is 0 Å². The van der Waals surface area contributed by atoms with Crippen molar-refractivity contribution in [2.75, 3.05) is 20.2 Å². The van der Waals surface area contributed by atoms with Crippen LogP contribution in [0.4, 0.5) is 0 Å². The molecule has 0 aromatic rings. The molecule has 0 radical (unpaired) electrons. The van der Waals surface area contributed by atoms with Crippen LogP contribution in [0.2, 0.25) is 0 Å². The zero-order chi connectivity index (χ0) is 16.7. The van der Waals surface area contributed by atoms with Crippen molar-refractivity contribution < 1.29 is 4.74 Å². The van der Waals surface area contributed by atoms with Crippen LogP contribution in [0.15, 0.2) is 0 Å². The van der Waals surface area contributed by atoms with Crippen molar-refractivity contribution in [2.45, 2.75) is 90.7 Å². The Morgan fingerprint density at radius 3 is 2.65 bits per heavy atom. The molecule has 1 saturated heterocycles. The summed E-state index contributed by atoms with van der Waals surface area (Å²) in [6, 6.07) is 0.603. The van der Waals surface area contributed by atoms with E-state index in [4.69, 9.17) is 4.74 Å². The molecule has 0 unspecified atom stereocenters. The molecular formula is C21H39NO. The van der Waals surface area contributed by atoms with Gasteiger partial charge in [-0.2, -0.15) is 0 Å². The van der Waals surface area contributed by atoms with Gasteiger partial charge < -0.3 is 4.74 Å². The molecule has 2 saturated carbocycles. The highest BCUT2D eigenvalue weighted by Crippen LogP contribution is 2.57. The summed E-state index contributed by atoms with van der Waals surface area (Å²) in [7, 11) is 1.88. The van der Waals surface area contributed by atoms with Crippen molar-refractivity contribution in [3.05, 3.63) is 0 Å². The molecule has 0 amide bonds. The smallest absolute Gasteiger partial charge is 0.0777 e. The van der Waals surface area contributed by atoms with Crippen LogP contribution < -0.4 is 0 Å². The number of ether oxygens (including phenoxy) is 1. The number of hydrogen-bond acceptors (Lipinski definition) is 2. The average molecular weight is 322 g/mol. The molecule has 1 heterocycles. The van der Waals surface area contributed by atoms with E-state index in [1.54, 1.807) is 0 Å². The van der Waals surface area contributed by atoms with E-state index in [-0.39, 0.29) is 5.60 Å². The molecule has 0 aromatic heterocycles. The van der Waals surface area contributed by atoms with E-state index in [1.165, 1.54) is 64.5 Å². The Labute approximate surface area is 144 Å². The predicted molar refractivity (Wildman–Crippen MR) is 97.6 cm³/mol. The van der Waals surface area contributed by atoms with Gasteiger partial charge >= 0.3 is 0 Å². The van der Waals surface area contributed by atoms with Crippen molar-refractivity contribution in [2.24, 2.45) is 23.2 Å². The lowest BCUT2D eigenvalue weighted by atomic mass is 9.63. The fourth-order valence-electron chi connectivity index (χ4n) is 6.50. The number of rotatable bonds is 5. The van der Waals surface area contributed by atoms with Crippen LogP contribution in [0.1, 0.15) is 79.1 Å². The molecule has 5 atom stereocenters. The minimum Gasteiger partial charge on any atom is -0.377 e. The second kappa shape index (κ2) is 6.67. The topological polar surface area (TPSA) is 12.5 Å². The summed E-state index contributed by atoms with van der Waals surface area (Å²) in [6.45, 7) is 12.3. The van der Waals surface area contributed by atoms with E-state index < -0.39 is 0 Å². The zero-order valence-corrected chi connectivity index (χ0v) is 16.2. The first-order valence-electron chi connectivity index (χ1n) is 10.2. The fourth-order valence-corrected chi connectivity index (χ4v) is 6.50. The molecule has 0 N–H and O–H groups in total. The summed E-state index contributed by atoms with van der Waals surface area (Å²) in [6.07, 6.45) is 11.6. The Morgan fingerprint density at radius 2 is 1.91 bits per heavy atom. The van der Waals surface area contributed by atoms with Crippen LogP contribution in [0, 0.1) is 23.2 Å². The molecule has 0 aromatic carbocycles. The highest BCUT2D eigenvalue weighted by Gasteiger charge is 2.49. The van der Waals surface area contributed by atoms with Crippen molar-refractivity contribution in [1.29, 1.82) is 0 Å². The van der Waals surface area contributed by atoms with Gasteiger partial charge in [0, 0.05) is 19.7 Å². The van der Waals surface area contributed by atoms with Gasteiger partial charge in [-0.05, 0) is 82.1 Å². The first kappa shape index (κ1) is 17.7. The van der Waals surface area contributed by atoms with Gasteiger partial charge in [0.1, 0.15) is 0 Å². The maximum Gasteiger partial charge on any atom is 0.0777 e. The average Bonchev–Trinajstić information content (AvgIpc) is 3.11. The van der Waals surface area contributed by atoms with E-state index in [1.807, 2.05) is 7.11 Å². The minimum absolute atomic E-state index is 0.0107. The lowest BCUT2D eigenvalue weighted by Crippen LogP contribution is -2.49. The van der Waals surface area contributed by atoms with Gasteiger partial charge in [-0.25, -0.2) is 0 Å². The van der Waals surface area contributed by atoms with Gasteiger partial charge in [-0.15, -0.1) is 0 Å². The Morgan fingerprint density at radius 1 is 1.13 bits per heavy atom. The summed E-state index contributed by atoms with van der Waals surface area (Å²) in [5.74, 6) is 2.80. The summed E-state index contributed by atoms with van der Waals surface area (Å²) in [5, 5.41) is 0. The number of likely N-dealkylation sites (tertiary alicyclic amines) is 1. The summed E-state index contributed by atoms with van der Waals surface area (Å²) in [5.41, 5.74) is 0.632. The van der Waals surface area contributed by atoms with Gasteiger partial charge in [0.2, 0.25) is 0 Å². The van der Waals surface area contributed by atoms with E-state index in [9.17, 15) is 0 Å². The van der Waals surface area contributed by atoms with E-state index >= 15 is 0 Å². The van der Waals surface area contributed by atoms with Crippen LogP contribution in [0.5, 0.6) is 0 Å². The second-order valence-electron chi connectivity index (χ2n) is 9.57. The molecule has 2 heteroatoms. The molecule has 3 fully saturated rings. The maximum atomic E-state index is 5.82. The SMILES string of the molecule is COC(C)(C)[C@@H]1CCCN1C[C@@H](C)[C@H]1CC[C@@H]2CCCC[C@]21C. The largest absolute Gasteiger partial charge is 0.377 e. The molecule has 3 rings (SSSR count). The molecule has 134 valence electrons. The Balaban J connectivity index is 1.66. The van der Waals surface area contributed by atoms with Crippen molar-refractivity contribution in [3.8, 4) is 0 Å². The van der Waals surface area contributed by atoms with Crippen LogP contribution in [-0.2, 0) is 4.74 Å². The molecule has 2 aliphatic carbocycles. The highest BCUT2D eigenvalue weighted by atomic mass is 16.5. The zero-order valence-electron chi connectivity index (χ0n) is 16.2. The van der Waals surface area contributed by atoms with Gasteiger partial charge in [0.05, 0.1) is 5.60 Å². The monoisotopic (exact) mass is 321 g/mol. The number of hydrogen-bond donors (Lipinski definition) is 0. The van der Waals surface area contributed by atoms with Crippen molar-refractivity contribution in [3.63, 3.8) is 0 Å². The lowest BCUT2D eigenvalue weighted by Gasteiger charge is -2.45. The quantitative estimate of drug-likeness (QED) is 0.697. The summed E-state index contributed by atoms with van der Waals surface area (Å²) in [4.78, 5) is 2.76. The molecule has 0 spiro atoms. The van der Waals surface area contributed by atoms with E-state index in [2.05, 4.69) is 32.6 Å². The first-order valence-corrected chi connectivity index (χ1v) is 10.2. The third-order valence-electron chi connectivity index (χ3n) is 8.03. The molecule has 2 nitrogen and oxygen atoms in total. The number of fused-ring (bicyclic) bond motifs is 1. The van der Waals surface area contributed by atoms with Crippen LogP contribution in [0.25, 0.3) is 0 Å². The third kappa shape index (κ3) is 3.23. The van der Waals surface area contributed by atoms with E-state index in [0.29, 0.717) is 11.5 Å². The first-order chi connectivity index (χ1) is 10.9. The normalized spacial score (nSPS) is 40.3. The highest BCUT2D eigenvalue weighted by molar-refractivity contribution is 5.00. The Kier molecular flexibility index (Phi) is 5.14. The number of methoxy groups -OCH3 is 1. The molecule has 23 heavy (non-hydrogen) atoms. The van der Waals surface area contributed by atoms with Crippen LogP contribution in [0.3, 0.4) is 0 Å². The van der Waals surface area contributed by atoms with E-state index in [0.717, 1.165) is 17.8 Å². The molecule has 1 aliphatic heterocycles. The Bertz CT molecular complexity index is 407. The fraction of sp³-hybridized carbons (Fsp3) is 1.00. The summed E-state index contributed by atoms with van der Waals surface area (Å²) < 4.78 is 5.82. The van der Waals surface area contributed by atoms with Crippen LogP contribution in [-0.4, -0.2) is 36.7 Å². The molecule has 0 bridgehead atoms. The van der Waals surface area contributed by atoms with Crippen molar-refractivity contribution in [1.82, 2.24) is 4.90 Å². The van der Waals surface area contributed by atoms with Gasteiger partial charge in [0.25, 0.3) is 0 Å². The maximum absolute atomic E-state index is 5.82. The summed E-state index contributed by atoms with van der Waals surface area (Å²) >= 11 is 0. The standard InChI is InChI=1S/C21H39NO/c1-16(15-22-14-8-10-19(22)20(2,3)23-5)18-12-11-17-9-6-7-13-21(17,18)4/h16-19H,6-15H2,1-5H3/t16-,17+,18-,19+,21-/m1/s1. The Hall–Kier alpha value is -0.0800. The second-order valence-corrected chi connectivity index (χ2v) is 9.57. The van der Waals surface area contributed by atoms with Crippen LogP contribution >= 0.6 is 0 Å².